The summed E-state index contributed by atoms with van der Waals surface area (Å²) in [4.78, 5) is 22.1. The third kappa shape index (κ3) is 2.73. The molecule has 0 fully saturated rings. The predicted octanol–water partition coefficient (Wildman–Crippen LogP) is 2.75. The van der Waals surface area contributed by atoms with E-state index in [4.69, 9.17) is 5.11 Å². The molecule has 1 heterocycles. The van der Waals surface area contributed by atoms with Gasteiger partial charge in [0.25, 0.3) is 0 Å². The molecule has 0 amide bonds. The Hall–Kier alpha value is -2.36. The van der Waals surface area contributed by atoms with E-state index in [0.717, 1.165) is 16.8 Å². The first-order valence-electron chi connectivity index (χ1n) is 5.98. The molecule has 1 aromatic carbocycles. The van der Waals surface area contributed by atoms with Crippen LogP contribution < -0.4 is 0 Å². The van der Waals surface area contributed by atoms with Crippen LogP contribution in [-0.2, 0) is 6.54 Å². The van der Waals surface area contributed by atoms with Gasteiger partial charge in [0, 0.05) is 24.0 Å². The van der Waals surface area contributed by atoms with Gasteiger partial charge < -0.3 is 9.67 Å². The highest BCUT2D eigenvalue weighted by atomic mass is 16.4. The van der Waals surface area contributed by atoms with Crippen molar-refractivity contribution in [2.45, 2.75) is 20.4 Å². The average molecular weight is 257 g/mol. The highest BCUT2D eigenvalue weighted by Crippen LogP contribution is 2.14. The van der Waals surface area contributed by atoms with Crippen molar-refractivity contribution in [3.05, 3.63) is 58.9 Å². The number of carboxylic acids is 1. The lowest BCUT2D eigenvalue weighted by Gasteiger charge is -2.07. The second kappa shape index (κ2) is 5.10. The maximum Gasteiger partial charge on any atom is 0.335 e. The maximum atomic E-state index is 11.4. The van der Waals surface area contributed by atoms with Gasteiger partial charge in [-0.1, -0.05) is 12.1 Å². The molecule has 1 N–H and O–H groups in total. The lowest BCUT2D eigenvalue weighted by atomic mass is 10.1. The van der Waals surface area contributed by atoms with Gasteiger partial charge in [-0.15, -0.1) is 0 Å². The summed E-state index contributed by atoms with van der Waals surface area (Å²) in [5, 5.41) is 8.83. The number of carbonyl (C=O) groups excluding carboxylic acids is 1. The number of nitrogens with zero attached hydrogens (tertiary/aromatic N) is 1. The molecule has 4 nitrogen and oxygen atoms in total. The number of aromatic nitrogens is 1. The van der Waals surface area contributed by atoms with Crippen LogP contribution in [0.3, 0.4) is 0 Å². The Morgan fingerprint density at radius 3 is 2.26 bits per heavy atom. The van der Waals surface area contributed by atoms with Gasteiger partial charge in [-0.2, -0.15) is 0 Å². The molecule has 2 aromatic rings. The number of hydrogen-bond acceptors (Lipinski definition) is 2. The van der Waals surface area contributed by atoms with Gasteiger partial charge in [0.2, 0.25) is 0 Å². The third-order valence-corrected chi connectivity index (χ3v) is 3.17. The zero-order valence-corrected chi connectivity index (χ0v) is 10.9. The number of aromatic carboxylic acids is 1. The predicted molar refractivity (Wildman–Crippen MR) is 71.7 cm³/mol. The van der Waals surface area contributed by atoms with Crippen LogP contribution in [-0.4, -0.2) is 21.4 Å². The van der Waals surface area contributed by atoms with Crippen LogP contribution >= 0.6 is 0 Å². The van der Waals surface area contributed by atoms with E-state index in [1.54, 1.807) is 31.2 Å². The molecule has 0 saturated carbocycles. The molecule has 0 atom stereocenters. The van der Waals surface area contributed by atoms with Gasteiger partial charge in [0.1, 0.15) is 0 Å². The number of carbonyl (C=O) groups is 2. The normalized spacial score (nSPS) is 10.4. The van der Waals surface area contributed by atoms with Crippen LogP contribution in [0.5, 0.6) is 0 Å². The molecule has 0 unspecified atom stereocenters. The first-order valence-corrected chi connectivity index (χ1v) is 5.98. The molecule has 0 aliphatic rings. The van der Waals surface area contributed by atoms with E-state index in [1.807, 2.05) is 23.8 Å². The molecule has 19 heavy (non-hydrogen) atoms. The maximum absolute atomic E-state index is 11.4. The quantitative estimate of drug-likeness (QED) is 0.857. The van der Waals surface area contributed by atoms with E-state index in [0.29, 0.717) is 6.54 Å². The summed E-state index contributed by atoms with van der Waals surface area (Å²) in [6, 6.07) is 8.56. The molecule has 0 bridgehead atoms. The Balaban J connectivity index is 2.21. The summed E-state index contributed by atoms with van der Waals surface area (Å²) >= 11 is 0. The minimum atomic E-state index is -0.928. The van der Waals surface area contributed by atoms with Crippen LogP contribution in [0.1, 0.15) is 38.9 Å². The van der Waals surface area contributed by atoms with Crippen molar-refractivity contribution in [1.29, 1.82) is 0 Å². The smallest absolute Gasteiger partial charge is 0.335 e. The molecule has 0 spiro atoms. The largest absolute Gasteiger partial charge is 0.478 e. The highest BCUT2D eigenvalue weighted by Gasteiger charge is 2.09. The number of ketones is 1. The number of hydrogen-bond donors (Lipinski definition) is 1. The number of rotatable bonds is 4. The second-order valence-corrected chi connectivity index (χ2v) is 4.50. The lowest BCUT2D eigenvalue weighted by molar-refractivity contribution is 0.0696. The topological polar surface area (TPSA) is 59.3 Å². The van der Waals surface area contributed by atoms with E-state index in [-0.39, 0.29) is 11.3 Å². The summed E-state index contributed by atoms with van der Waals surface area (Å²) in [5.41, 5.74) is 2.92. The molecule has 1 aromatic heterocycles. The van der Waals surface area contributed by atoms with Gasteiger partial charge in [-0.3, -0.25) is 4.79 Å². The van der Waals surface area contributed by atoms with Crippen LogP contribution in [0.4, 0.5) is 0 Å². The summed E-state index contributed by atoms with van der Waals surface area (Å²) in [7, 11) is 0. The first kappa shape index (κ1) is 13.1. The fourth-order valence-corrected chi connectivity index (χ4v) is 2.04. The fraction of sp³-hybridized carbons (Fsp3) is 0.200. The van der Waals surface area contributed by atoms with Crippen molar-refractivity contribution in [2.75, 3.05) is 0 Å². The van der Waals surface area contributed by atoms with Crippen molar-refractivity contribution in [2.24, 2.45) is 0 Å². The van der Waals surface area contributed by atoms with Gasteiger partial charge in [0.05, 0.1) is 5.56 Å². The summed E-state index contributed by atoms with van der Waals surface area (Å²) in [5.74, 6) is -0.875. The zero-order valence-electron chi connectivity index (χ0n) is 10.9. The zero-order chi connectivity index (χ0) is 14.0. The van der Waals surface area contributed by atoms with Crippen LogP contribution in [0.15, 0.2) is 36.5 Å². The highest BCUT2D eigenvalue weighted by molar-refractivity contribution is 5.95. The second-order valence-electron chi connectivity index (χ2n) is 4.50. The van der Waals surface area contributed by atoms with Crippen LogP contribution in [0.2, 0.25) is 0 Å². The minimum Gasteiger partial charge on any atom is -0.478 e. The molecule has 98 valence electrons. The molecule has 2 rings (SSSR count). The fourth-order valence-electron chi connectivity index (χ4n) is 2.04. The van der Waals surface area contributed by atoms with Crippen molar-refractivity contribution in [3.8, 4) is 0 Å². The van der Waals surface area contributed by atoms with Gasteiger partial charge in [0.15, 0.2) is 5.78 Å². The molecule has 0 radical (unpaired) electrons. The molecule has 0 saturated heterocycles. The summed E-state index contributed by atoms with van der Waals surface area (Å²) in [6.07, 6.45) is 1.87. The van der Waals surface area contributed by atoms with Crippen molar-refractivity contribution in [3.63, 3.8) is 0 Å². The van der Waals surface area contributed by atoms with Crippen molar-refractivity contribution in [1.82, 2.24) is 4.57 Å². The third-order valence-electron chi connectivity index (χ3n) is 3.17. The van der Waals surface area contributed by atoms with Crippen LogP contribution in [0.25, 0.3) is 0 Å². The number of Topliss-reactive ketones (excluding diaryl/α,β-unsaturated/α-hetero) is 1. The van der Waals surface area contributed by atoms with Crippen molar-refractivity contribution >= 4 is 11.8 Å². The number of benzene rings is 1. The number of carboxylic acid groups (broad SMARTS) is 1. The van der Waals surface area contributed by atoms with E-state index in [2.05, 4.69) is 0 Å². The first-order chi connectivity index (χ1) is 8.99. The monoisotopic (exact) mass is 257 g/mol. The Morgan fingerprint density at radius 2 is 1.79 bits per heavy atom. The molecule has 0 aliphatic carbocycles. The van der Waals surface area contributed by atoms with E-state index in [9.17, 15) is 9.59 Å². The molecule has 4 heteroatoms. The van der Waals surface area contributed by atoms with Gasteiger partial charge in [-0.05, 0) is 37.6 Å². The lowest BCUT2D eigenvalue weighted by Crippen LogP contribution is -2.03. The molecular weight excluding hydrogens is 242 g/mol. The van der Waals surface area contributed by atoms with E-state index in [1.165, 1.54) is 0 Å². The minimum absolute atomic E-state index is 0.0532. The molecule has 0 aliphatic heterocycles. The Labute approximate surface area is 111 Å². The average Bonchev–Trinajstić information content (AvgIpc) is 2.72. The summed E-state index contributed by atoms with van der Waals surface area (Å²) in [6.45, 7) is 4.08. The Morgan fingerprint density at radius 1 is 1.16 bits per heavy atom. The molecular formula is C15H15NO3. The van der Waals surface area contributed by atoms with E-state index < -0.39 is 5.97 Å². The SMILES string of the molecule is CC(=O)c1ccn(Cc2ccc(C(=O)O)cc2)c1C. The summed E-state index contributed by atoms with van der Waals surface area (Å²) < 4.78 is 1.98. The van der Waals surface area contributed by atoms with Gasteiger partial charge >= 0.3 is 5.97 Å². The van der Waals surface area contributed by atoms with Crippen molar-refractivity contribution < 1.29 is 14.7 Å². The van der Waals surface area contributed by atoms with E-state index >= 15 is 0 Å². The standard InChI is InChI=1S/C15H15NO3/c1-10-14(11(2)17)7-8-16(10)9-12-3-5-13(6-4-12)15(18)19/h3-8H,9H2,1-2H3,(H,18,19). The van der Waals surface area contributed by atoms with Crippen LogP contribution in [0, 0.1) is 6.92 Å². The Kier molecular flexibility index (Phi) is 3.51. The van der Waals surface area contributed by atoms with Gasteiger partial charge in [-0.25, -0.2) is 4.79 Å². The Bertz CT molecular complexity index is 623.